The number of carbonyl (C=O) groups is 1. The van der Waals surface area contributed by atoms with Crippen LogP contribution in [0.2, 0.25) is 0 Å². The second-order valence-electron chi connectivity index (χ2n) is 6.18. The number of H-pyrrole nitrogens is 1. The molecule has 1 aromatic heterocycles. The molecule has 27 heavy (non-hydrogen) atoms. The van der Waals surface area contributed by atoms with Gasteiger partial charge in [-0.05, 0) is 18.6 Å². The fourth-order valence-electron chi connectivity index (χ4n) is 2.99. The lowest BCUT2D eigenvalue weighted by atomic mass is 10.0. The Morgan fingerprint density at radius 1 is 1.30 bits per heavy atom. The fourth-order valence-corrected chi connectivity index (χ4v) is 2.99. The maximum absolute atomic E-state index is 12.9. The molecule has 0 radical (unpaired) electrons. The van der Waals surface area contributed by atoms with Gasteiger partial charge in [-0.25, -0.2) is 5.10 Å². The Kier molecular flexibility index (Phi) is 5.03. The van der Waals surface area contributed by atoms with Gasteiger partial charge in [0, 0.05) is 17.8 Å². The van der Waals surface area contributed by atoms with Crippen LogP contribution in [0.15, 0.2) is 35.1 Å². The molecular weight excluding hydrogens is 367 g/mol. The van der Waals surface area contributed by atoms with Gasteiger partial charge in [0.25, 0.3) is 5.56 Å². The highest BCUT2D eigenvalue weighted by Crippen LogP contribution is 2.33. The molecule has 0 bridgehead atoms. The standard InChI is InChI=1S/C17H16F3N3O4/c18-17(19,20)11-7-9(21-22-16(11)27)8-14(25)23-6-5-13(24)15(26)10-3-1-2-4-12(10)23/h1-4,7,13,15,24,26H,5-6,8H2,(H,22,27)/t13-,15+/m1/s1. The minimum Gasteiger partial charge on any atom is -0.390 e. The monoisotopic (exact) mass is 383 g/mol. The quantitative estimate of drug-likeness (QED) is 0.722. The van der Waals surface area contributed by atoms with Gasteiger partial charge in [0.15, 0.2) is 0 Å². The van der Waals surface area contributed by atoms with Crippen molar-refractivity contribution < 1.29 is 28.2 Å². The van der Waals surface area contributed by atoms with E-state index in [0.29, 0.717) is 17.3 Å². The summed E-state index contributed by atoms with van der Waals surface area (Å²) in [6.45, 7) is 0.0730. The number of para-hydroxylation sites is 1. The van der Waals surface area contributed by atoms with Crippen LogP contribution in [0, 0.1) is 0 Å². The number of halogens is 3. The molecule has 2 aromatic rings. The first kappa shape index (κ1) is 19.1. The van der Waals surface area contributed by atoms with Gasteiger partial charge in [-0.2, -0.15) is 18.3 Å². The normalized spacial score (nSPS) is 20.1. The topological polar surface area (TPSA) is 107 Å². The number of fused-ring (bicyclic) bond motifs is 1. The van der Waals surface area contributed by atoms with E-state index in [1.807, 2.05) is 0 Å². The summed E-state index contributed by atoms with van der Waals surface area (Å²) in [6, 6.07) is 6.97. The van der Waals surface area contributed by atoms with Crippen LogP contribution < -0.4 is 10.5 Å². The number of hydrogen-bond acceptors (Lipinski definition) is 5. The second kappa shape index (κ2) is 7.12. The first-order chi connectivity index (χ1) is 12.7. The van der Waals surface area contributed by atoms with E-state index in [1.165, 1.54) is 4.90 Å². The van der Waals surface area contributed by atoms with Crippen molar-refractivity contribution in [3.63, 3.8) is 0 Å². The van der Waals surface area contributed by atoms with E-state index in [2.05, 4.69) is 5.10 Å². The van der Waals surface area contributed by atoms with E-state index in [1.54, 1.807) is 29.4 Å². The molecule has 1 aliphatic heterocycles. The predicted molar refractivity (Wildman–Crippen MR) is 87.9 cm³/mol. The minimum absolute atomic E-state index is 0.0730. The number of rotatable bonds is 2. The number of aromatic nitrogens is 2. The van der Waals surface area contributed by atoms with Crippen molar-refractivity contribution in [1.29, 1.82) is 0 Å². The number of nitrogens with zero attached hydrogens (tertiary/aromatic N) is 2. The molecule has 144 valence electrons. The van der Waals surface area contributed by atoms with E-state index in [9.17, 15) is 33.0 Å². The molecule has 1 aliphatic rings. The molecule has 2 atom stereocenters. The van der Waals surface area contributed by atoms with Gasteiger partial charge < -0.3 is 15.1 Å². The molecule has 0 saturated carbocycles. The molecule has 0 saturated heterocycles. The van der Waals surface area contributed by atoms with Crippen LogP contribution >= 0.6 is 0 Å². The molecule has 0 fully saturated rings. The third-order valence-corrected chi connectivity index (χ3v) is 4.35. The van der Waals surface area contributed by atoms with Gasteiger partial charge >= 0.3 is 6.18 Å². The van der Waals surface area contributed by atoms with Gasteiger partial charge in [-0.1, -0.05) is 18.2 Å². The number of amides is 1. The van der Waals surface area contributed by atoms with Crippen molar-refractivity contribution in [3.8, 4) is 0 Å². The fraction of sp³-hybridized carbons (Fsp3) is 0.353. The predicted octanol–water partition coefficient (Wildman–Crippen LogP) is 1.16. The van der Waals surface area contributed by atoms with Crippen LogP contribution in [-0.2, 0) is 17.4 Å². The number of carbonyl (C=O) groups excluding carboxylic acids is 1. The molecule has 10 heteroatoms. The lowest BCUT2D eigenvalue weighted by molar-refractivity contribution is -0.139. The average molecular weight is 383 g/mol. The first-order valence-electron chi connectivity index (χ1n) is 8.09. The summed E-state index contributed by atoms with van der Waals surface area (Å²) in [5, 5.41) is 25.4. The number of aliphatic hydroxyl groups is 2. The third kappa shape index (κ3) is 3.86. The number of nitrogens with one attached hydrogen (secondary N) is 1. The zero-order valence-electron chi connectivity index (χ0n) is 13.9. The summed E-state index contributed by atoms with van der Waals surface area (Å²) in [6.07, 6.45) is -7.51. The number of benzene rings is 1. The van der Waals surface area contributed by atoms with Crippen molar-refractivity contribution in [2.75, 3.05) is 11.4 Å². The van der Waals surface area contributed by atoms with Crippen molar-refractivity contribution in [2.24, 2.45) is 0 Å². The molecule has 0 aliphatic carbocycles. The Hall–Kier alpha value is -2.72. The maximum atomic E-state index is 12.9. The molecule has 3 rings (SSSR count). The highest BCUT2D eigenvalue weighted by atomic mass is 19.4. The summed E-state index contributed by atoms with van der Waals surface area (Å²) < 4.78 is 38.6. The highest BCUT2D eigenvalue weighted by Gasteiger charge is 2.35. The minimum atomic E-state index is -4.86. The van der Waals surface area contributed by atoms with Crippen molar-refractivity contribution >= 4 is 11.6 Å². The van der Waals surface area contributed by atoms with Crippen LogP contribution in [-0.4, -0.2) is 39.0 Å². The van der Waals surface area contributed by atoms with Crippen LogP contribution in [0.5, 0.6) is 0 Å². The Bertz CT molecular complexity index is 913. The largest absolute Gasteiger partial charge is 0.421 e. The summed E-state index contributed by atoms with van der Waals surface area (Å²) in [4.78, 5) is 25.3. The zero-order valence-corrected chi connectivity index (χ0v) is 13.9. The molecule has 7 nitrogen and oxygen atoms in total. The summed E-state index contributed by atoms with van der Waals surface area (Å²) in [5.74, 6) is -0.573. The first-order valence-corrected chi connectivity index (χ1v) is 8.09. The number of hydrogen-bond donors (Lipinski definition) is 3. The number of aromatic amines is 1. The van der Waals surface area contributed by atoms with Crippen LogP contribution in [0.1, 0.15) is 29.3 Å². The summed E-state index contributed by atoms with van der Waals surface area (Å²) in [7, 11) is 0. The molecule has 1 amide bonds. The van der Waals surface area contributed by atoms with Gasteiger partial charge in [-0.15, -0.1) is 0 Å². The van der Waals surface area contributed by atoms with E-state index < -0.39 is 41.8 Å². The average Bonchev–Trinajstić information content (AvgIpc) is 2.73. The summed E-state index contributed by atoms with van der Waals surface area (Å²) in [5.41, 5.74) is -2.34. The number of alkyl halides is 3. The molecular formula is C17H16F3N3O4. The van der Waals surface area contributed by atoms with Crippen molar-refractivity contribution in [2.45, 2.75) is 31.2 Å². The third-order valence-electron chi connectivity index (χ3n) is 4.35. The lowest BCUT2D eigenvalue weighted by Crippen LogP contribution is -2.34. The van der Waals surface area contributed by atoms with E-state index in [-0.39, 0.29) is 18.7 Å². The Labute approximate surface area is 151 Å². The second-order valence-corrected chi connectivity index (χ2v) is 6.18. The molecule has 0 spiro atoms. The van der Waals surface area contributed by atoms with Crippen molar-refractivity contribution in [1.82, 2.24) is 10.2 Å². The molecule has 3 N–H and O–H groups in total. The van der Waals surface area contributed by atoms with Gasteiger partial charge in [0.2, 0.25) is 5.91 Å². The van der Waals surface area contributed by atoms with E-state index in [4.69, 9.17) is 0 Å². The number of anilines is 1. The Morgan fingerprint density at radius 3 is 2.70 bits per heavy atom. The SMILES string of the molecule is O=C(Cc1cc(C(F)(F)F)c(=O)[nH]n1)N1CC[C@@H](O)[C@@H](O)c2ccccc21. The van der Waals surface area contributed by atoms with Gasteiger partial charge in [-0.3, -0.25) is 9.59 Å². The lowest BCUT2D eigenvalue weighted by Gasteiger charge is -2.23. The molecule has 0 unspecified atom stereocenters. The van der Waals surface area contributed by atoms with Crippen LogP contribution in [0.3, 0.4) is 0 Å². The van der Waals surface area contributed by atoms with Crippen LogP contribution in [0.25, 0.3) is 0 Å². The smallest absolute Gasteiger partial charge is 0.390 e. The molecule has 2 heterocycles. The van der Waals surface area contributed by atoms with Crippen molar-refractivity contribution in [3.05, 3.63) is 57.5 Å². The van der Waals surface area contributed by atoms with Gasteiger partial charge in [0.05, 0.1) is 18.2 Å². The Balaban J connectivity index is 1.91. The summed E-state index contributed by atoms with van der Waals surface area (Å²) >= 11 is 0. The van der Waals surface area contributed by atoms with Gasteiger partial charge in [0.1, 0.15) is 11.7 Å². The maximum Gasteiger partial charge on any atom is 0.421 e. The zero-order chi connectivity index (χ0) is 19.8. The molecule has 1 aromatic carbocycles. The Morgan fingerprint density at radius 2 is 2.00 bits per heavy atom. The highest BCUT2D eigenvalue weighted by molar-refractivity contribution is 5.95. The number of aliphatic hydroxyl groups excluding tert-OH is 2. The van der Waals surface area contributed by atoms with E-state index in [0.717, 1.165) is 0 Å². The van der Waals surface area contributed by atoms with E-state index >= 15 is 0 Å². The van der Waals surface area contributed by atoms with Crippen LogP contribution in [0.4, 0.5) is 18.9 Å².